The second kappa shape index (κ2) is 7.86. The lowest BCUT2D eigenvalue weighted by molar-refractivity contribution is -0.121. The summed E-state index contributed by atoms with van der Waals surface area (Å²) in [7, 11) is 0. The number of benzene rings is 1. The molecule has 1 N–H and O–H groups in total. The first-order valence-electron chi connectivity index (χ1n) is 8.53. The average molecular weight is 322 g/mol. The molecular weight excluding hydrogens is 300 g/mol. The first-order valence-corrected chi connectivity index (χ1v) is 8.53. The number of aryl methyl sites for hydroxylation is 2. The molecule has 0 bridgehead atoms. The summed E-state index contributed by atoms with van der Waals surface area (Å²) in [4.78, 5) is 28.2. The molecule has 0 saturated carbocycles. The van der Waals surface area contributed by atoms with E-state index in [4.69, 9.17) is 0 Å². The molecule has 1 aliphatic carbocycles. The molecule has 0 saturated heterocycles. The Labute approximate surface area is 142 Å². The van der Waals surface area contributed by atoms with Crippen LogP contribution in [0, 0.1) is 0 Å². The van der Waals surface area contributed by atoms with E-state index in [9.17, 15) is 9.59 Å². The number of nitrogens with one attached hydrogen (secondary N) is 1. The lowest BCUT2D eigenvalue weighted by atomic mass is 9.89. The number of pyridine rings is 1. The van der Waals surface area contributed by atoms with E-state index in [1.165, 1.54) is 24.0 Å². The third kappa shape index (κ3) is 4.28. The summed E-state index contributed by atoms with van der Waals surface area (Å²) in [6.45, 7) is 0.467. The number of carbonyl (C=O) groups excluding carboxylic acids is 2. The summed E-state index contributed by atoms with van der Waals surface area (Å²) in [5.41, 5.74) is 4.40. The molecule has 2 aromatic rings. The zero-order chi connectivity index (χ0) is 16.8. The molecule has 1 aliphatic rings. The molecular formula is C20H22N2O2. The number of Topliss-reactive ketones (excluding diaryl/α,β-unsaturated/α-hetero) is 1. The zero-order valence-electron chi connectivity index (χ0n) is 13.8. The van der Waals surface area contributed by atoms with Crippen molar-refractivity contribution in [1.29, 1.82) is 0 Å². The van der Waals surface area contributed by atoms with Gasteiger partial charge in [0, 0.05) is 37.3 Å². The van der Waals surface area contributed by atoms with Gasteiger partial charge in [-0.3, -0.25) is 14.6 Å². The quantitative estimate of drug-likeness (QED) is 0.831. The summed E-state index contributed by atoms with van der Waals surface area (Å²) < 4.78 is 0. The van der Waals surface area contributed by atoms with Crippen LogP contribution in [0.4, 0.5) is 0 Å². The molecule has 1 amide bonds. The van der Waals surface area contributed by atoms with E-state index in [2.05, 4.69) is 16.4 Å². The number of amides is 1. The standard InChI is InChI=1S/C20H22N2O2/c23-19(18-6-5-16-3-1-2-4-17(16)13-18)7-8-20(24)22-14-15-9-11-21-12-10-15/h5-6,9-13H,1-4,7-8,14H2,(H,22,24). The van der Waals surface area contributed by atoms with Gasteiger partial charge in [-0.1, -0.05) is 12.1 Å². The fourth-order valence-electron chi connectivity index (χ4n) is 3.07. The Kier molecular flexibility index (Phi) is 5.36. The highest BCUT2D eigenvalue weighted by Crippen LogP contribution is 2.22. The van der Waals surface area contributed by atoms with E-state index in [1.807, 2.05) is 24.3 Å². The Morgan fingerprint density at radius 3 is 2.50 bits per heavy atom. The smallest absolute Gasteiger partial charge is 0.220 e. The van der Waals surface area contributed by atoms with Crippen molar-refractivity contribution in [2.75, 3.05) is 0 Å². The molecule has 4 nitrogen and oxygen atoms in total. The second-order valence-corrected chi connectivity index (χ2v) is 6.25. The number of fused-ring (bicyclic) bond motifs is 1. The summed E-state index contributed by atoms with van der Waals surface area (Å²) in [6.07, 6.45) is 8.47. The van der Waals surface area contributed by atoms with Crippen LogP contribution in [0.2, 0.25) is 0 Å². The first-order chi connectivity index (χ1) is 11.7. The monoisotopic (exact) mass is 322 g/mol. The average Bonchev–Trinajstić information content (AvgIpc) is 2.65. The van der Waals surface area contributed by atoms with Crippen LogP contribution < -0.4 is 5.32 Å². The largest absolute Gasteiger partial charge is 0.352 e. The maximum atomic E-state index is 12.3. The minimum absolute atomic E-state index is 0.0439. The summed E-state index contributed by atoms with van der Waals surface area (Å²) in [5, 5.41) is 2.84. The Hall–Kier alpha value is -2.49. The summed E-state index contributed by atoms with van der Waals surface area (Å²) in [6, 6.07) is 9.72. The fourth-order valence-corrected chi connectivity index (χ4v) is 3.07. The van der Waals surface area contributed by atoms with Crippen LogP contribution in [0.1, 0.15) is 52.7 Å². The maximum Gasteiger partial charge on any atom is 0.220 e. The number of carbonyl (C=O) groups is 2. The molecule has 0 atom stereocenters. The number of hydrogen-bond donors (Lipinski definition) is 1. The molecule has 3 rings (SSSR count). The van der Waals surface area contributed by atoms with Gasteiger partial charge in [-0.15, -0.1) is 0 Å². The highest BCUT2D eigenvalue weighted by atomic mass is 16.2. The van der Waals surface area contributed by atoms with Crippen molar-refractivity contribution in [2.24, 2.45) is 0 Å². The third-order valence-electron chi connectivity index (χ3n) is 4.49. The first kappa shape index (κ1) is 16.4. The molecule has 1 aromatic carbocycles. The van der Waals surface area contributed by atoms with Crippen LogP contribution in [-0.4, -0.2) is 16.7 Å². The van der Waals surface area contributed by atoms with Crippen molar-refractivity contribution >= 4 is 11.7 Å². The predicted molar refractivity (Wildman–Crippen MR) is 92.7 cm³/mol. The van der Waals surface area contributed by atoms with Crippen LogP contribution in [-0.2, 0) is 24.2 Å². The lowest BCUT2D eigenvalue weighted by Crippen LogP contribution is -2.23. The van der Waals surface area contributed by atoms with E-state index in [0.29, 0.717) is 6.54 Å². The Morgan fingerprint density at radius 2 is 1.71 bits per heavy atom. The van der Waals surface area contributed by atoms with Gasteiger partial charge in [0.05, 0.1) is 0 Å². The predicted octanol–water partition coefficient (Wildman–Crippen LogP) is 3.24. The van der Waals surface area contributed by atoms with Gasteiger partial charge in [0.15, 0.2) is 5.78 Å². The topological polar surface area (TPSA) is 59.1 Å². The molecule has 0 unspecified atom stereocenters. The minimum Gasteiger partial charge on any atom is -0.352 e. The van der Waals surface area contributed by atoms with Gasteiger partial charge in [0.25, 0.3) is 0 Å². The molecule has 0 radical (unpaired) electrons. The van der Waals surface area contributed by atoms with E-state index in [-0.39, 0.29) is 24.5 Å². The summed E-state index contributed by atoms with van der Waals surface area (Å²) >= 11 is 0. The number of aromatic nitrogens is 1. The Bertz CT molecular complexity index is 726. The van der Waals surface area contributed by atoms with Gasteiger partial charge in [0.1, 0.15) is 0 Å². The summed E-state index contributed by atoms with van der Waals surface area (Å²) in [5.74, 6) is -0.0550. The molecule has 1 heterocycles. The van der Waals surface area contributed by atoms with E-state index < -0.39 is 0 Å². The van der Waals surface area contributed by atoms with Crippen LogP contribution in [0.15, 0.2) is 42.7 Å². The van der Waals surface area contributed by atoms with E-state index in [1.54, 1.807) is 12.4 Å². The molecule has 0 aliphatic heterocycles. The van der Waals surface area contributed by atoms with Crippen molar-refractivity contribution < 1.29 is 9.59 Å². The van der Waals surface area contributed by atoms with Crippen molar-refractivity contribution in [3.05, 3.63) is 65.0 Å². The zero-order valence-corrected chi connectivity index (χ0v) is 13.8. The SMILES string of the molecule is O=C(CCC(=O)c1ccc2c(c1)CCCC2)NCc1ccncc1. The number of nitrogens with zero attached hydrogens (tertiary/aromatic N) is 1. The van der Waals surface area contributed by atoms with Crippen LogP contribution >= 0.6 is 0 Å². The van der Waals surface area contributed by atoms with E-state index >= 15 is 0 Å². The van der Waals surface area contributed by atoms with E-state index in [0.717, 1.165) is 24.0 Å². The Morgan fingerprint density at radius 1 is 0.958 bits per heavy atom. The van der Waals surface area contributed by atoms with Gasteiger partial charge in [-0.05, 0) is 60.6 Å². The highest BCUT2D eigenvalue weighted by molar-refractivity contribution is 5.98. The van der Waals surface area contributed by atoms with Crippen LogP contribution in [0.25, 0.3) is 0 Å². The lowest BCUT2D eigenvalue weighted by Gasteiger charge is -2.16. The van der Waals surface area contributed by atoms with Crippen molar-refractivity contribution in [3.8, 4) is 0 Å². The Balaban J connectivity index is 1.49. The second-order valence-electron chi connectivity index (χ2n) is 6.25. The number of rotatable bonds is 6. The molecule has 0 fully saturated rings. The molecule has 0 spiro atoms. The highest BCUT2D eigenvalue weighted by Gasteiger charge is 2.14. The van der Waals surface area contributed by atoms with Gasteiger partial charge in [-0.2, -0.15) is 0 Å². The van der Waals surface area contributed by atoms with Gasteiger partial charge < -0.3 is 5.32 Å². The molecule has 24 heavy (non-hydrogen) atoms. The van der Waals surface area contributed by atoms with Crippen LogP contribution in [0.3, 0.4) is 0 Å². The van der Waals surface area contributed by atoms with Gasteiger partial charge in [0.2, 0.25) is 5.91 Å². The molecule has 1 aromatic heterocycles. The third-order valence-corrected chi connectivity index (χ3v) is 4.49. The van der Waals surface area contributed by atoms with Gasteiger partial charge in [-0.25, -0.2) is 0 Å². The number of ketones is 1. The molecule has 124 valence electrons. The minimum atomic E-state index is -0.0990. The van der Waals surface area contributed by atoms with Gasteiger partial charge >= 0.3 is 0 Å². The van der Waals surface area contributed by atoms with Crippen molar-refractivity contribution in [1.82, 2.24) is 10.3 Å². The van der Waals surface area contributed by atoms with Crippen molar-refractivity contribution in [2.45, 2.75) is 45.1 Å². The number of hydrogen-bond acceptors (Lipinski definition) is 3. The fraction of sp³-hybridized carbons (Fsp3) is 0.350. The maximum absolute atomic E-state index is 12.3. The normalized spacial score (nSPS) is 13.2. The van der Waals surface area contributed by atoms with Crippen LogP contribution in [0.5, 0.6) is 0 Å². The van der Waals surface area contributed by atoms with Crippen molar-refractivity contribution in [3.63, 3.8) is 0 Å². The molecule has 4 heteroatoms.